The minimum Gasteiger partial charge on any atom is -0.481 e. The molecule has 1 heterocycles. The minimum absolute atomic E-state index is 0.172. The lowest BCUT2D eigenvalue weighted by molar-refractivity contribution is -0.142. The number of aromatic amines is 1. The molecule has 0 spiro atoms. The SMILES string of the molecule is CC.Cc1cccc(C(Cc2ccc(C(C)(C)C(=O)O)cc2)c2cnc[nH]2)c1C. The lowest BCUT2D eigenvalue weighted by Gasteiger charge is -2.22. The molecule has 2 aromatic carbocycles. The number of carboxylic acid groups (broad SMARTS) is 1. The molecule has 4 nitrogen and oxygen atoms in total. The molecule has 0 radical (unpaired) electrons. The third-order valence-electron chi connectivity index (χ3n) is 5.57. The van der Waals surface area contributed by atoms with E-state index in [-0.39, 0.29) is 5.92 Å². The fourth-order valence-corrected chi connectivity index (χ4v) is 3.41. The van der Waals surface area contributed by atoms with Crippen LogP contribution in [0.5, 0.6) is 0 Å². The predicted octanol–water partition coefficient (Wildman–Crippen LogP) is 5.79. The van der Waals surface area contributed by atoms with Gasteiger partial charge in [-0.3, -0.25) is 4.79 Å². The minimum atomic E-state index is -0.894. The number of aryl methyl sites for hydroxylation is 1. The molecule has 0 fully saturated rings. The molecule has 1 unspecified atom stereocenters. The third kappa shape index (κ3) is 4.94. The zero-order valence-electron chi connectivity index (χ0n) is 18.3. The van der Waals surface area contributed by atoms with Gasteiger partial charge in [-0.15, -0.1) is 0 Å². The first-order chi connectivity index (χ1) is 13.8. The van der Waals surface area contributed by atoms with E-state index in [0.29, 0.717) is 0 Å². The fraction of sp³-hybridized carbons (Fsp3) is 0.360. The van der Waals surface area contributed by atoms with Crippen molar-refractivity contribution in [3.63, 3.8) is 0 Å². The Hall–Kier alpha value is -2.88. The highest BCUT2D eigenvalue weighted by Crippen LogP contribution is 2.31. The first kappa shape index (κ1) is 22.4. The van der Waals surface area contributed by atoms with Crippen LogP contribution in [-0.2, 0) is 16.6 Å². The number of hydrogen-bond acceptors (Lipinski definition) is 2. The van der Waals surface area contributed by atoms with Gasteiger partial charge in [-0.25, -0.2) is 4.98 Å². The number of benzene rings is 2. The molecule has 29 heavy (non-hydrogen) atoms. The number of aromatic nitrogens is 2. The Labute approximate surface area is 174 Å². The van der Waals surface area contributed by atoms with Crippen LogP contribution in [0.1, 0.15) is 67.1 Å². The lowest BCUT2D eigenvalue weighted by Crippen LogP contribution is -2.28. The third-order valence-corrected chi connectivity index (χ3v) is 5.57. The van der Waals surface area contributed by atoms with E-state index in [1.807, 2.05) is 44.3 Å². The molecule has 1 atom stereocenters. The van der Waals surface area contributed by atoms with Gasteiger partial charge < -0.3 is 10.1 Å². The zero-order valence-corrected chi connectivity index (χ0v) is 18.3. The first-order valence-electron chi connectivity index (χ1n) is 10.2. The number of hydrogen-bond donors (Lipinski definition) is 2. The summed E-state index contributed by atoms with van der Waals surface area (Å²) in [5, 5.41) is 9.43. The van der Waals surface area contributed by atoms with Crippen LogP contribution in [0.25, 0.3) is 0 Å². The van der Waals surface area contributed by atoms with Crippen molar-refractivity contribution in [2.75, 3.05) is 0 Å². The van der Waals surface area contributed by atoms with Crippen molar-refractivity contribution in [2.45, 2.75) is 59.3 Å². The summed E-state index contributed by atoms with van der Waals surface area (Å²) >= 11 is 0. The molecule has 4 heteroatoms. The van der Waals surface area contributed by atoms with E-state index >= 15 is 0 Å². The van der Waals surface area contributed by atoms with Crippen LogP contribution in [0.2, 0.25) is 0 Å². The number of carbonyl (C=O) groups is 1. The maximum absolute atomic E-state index is 11.5. The molecule has 154 valence electrons. The van der Waals surface area contributed by atoms with Crippen LogP contribution >= 0.6 is 0 Å². The quantitative estimate of drug-likeness (QED) is 0.558. The van der Waals surface area contributed by atoms with Crippen molar-refractivity contribution < 1.29 is 9.90 Å². The average Bonchev–Trinajstić information content (AvgIpc) is 3.25. The molecule has 0 aliphatic heterocycles. The van der Waals surface area contributed by atoms with Crippen LogP contribution in [0, 0.1) is 13.8 Å². The highest BCUT2D eigenvalue weighted by molar-refractivity contribution is 5.80. The molecule has 0 saturated carbocycles. The van der Waals surface area contributed by atoms with E-state index in [4.69, 9.17) is 0 Å². The van der Waals surface area contributed by atoms with Gasteiger partial charge in [0, 0.05) is 17.8 Å². The summed E-state index contributed by atoms with van der Waals surface area (Å²) in [5.41, 5.74) is 6.02. The number of imidazole rings is 1. The normalized spacial score (nSPS) is 12.1. The van der Waals surface area contributed by atoms with E-state index in [2.05, 4.69) is 42.0 Å². The number of aliphatic carboxylic acids is 1. The number of H-pyrrole nitrogens is 1. The second-order valence-corrected chi connectivity index (χ2v) is 7.68. The molecule has 0 aliphatic rings. The molecule has 1 aromatic heterocycles. The standard InChI is InChI=1S/C23H26N2O2.C2H6/c1-15-6-5-7-19(16(15)2)20(21-13-24-14-25-21)12-17-8-10-18(11-9-17)23(3,4)22(26)27;1-2/h5-11,13-14,20H,12H2,1-4H3,(H,24,25)(H,26,27);1-2H3. The zero-order chi connectivity index (χ0) is 21.6. The Bertz CT molecular complexity index is 926. The van der Waals surface area contributed by atoms with Gasteiger partial charge in [0.1, 0.15) is 0 Å². The molecule has 0 amide bonds. The van der Waals surface area contributed by atoms with Crippen LogP contribution in [0.3, 0.4) is 0 Å². The van der Waals surface area contributed by atoms with Crippen LogP contribution in [0.15, 0.2) is 55.0 Å². The van der Waals surface area contributed by atoms with Gasteiger partial charge in [0.2, 0.25) is 0 Å². The van der Waals surface area contributed by atoms with Crippen molar-refractivity contribution in [2.24, 2.45) is 0 Å². The van der Waals surface area contributed by atoms with Crippen LogP contribution in [0.4, 0.5) is 0 Å². The first-order valence-corrected chi connectivity index (χ1v) is 10.2. The van der Waals surface area contributed by atoms with Gasteiger partial charge in [0.05, 0.1) is 11.7 Å². The van der Waals surface area contributed by atoms with Crippen molar-refractivity contribution in [3.8, 4) is 0 Å². The number of rotatable bonds is 6. The van der Waals surface area contributed by atoms with Gasteiger partial charge in [-0.2, -0.15) is 0 Å². The second-order valence-electron chi connectivity index (χ2n) is 7.68. The van der Waals surface area contributed by atoms with Crippen molar-refractivity contribution in [3.05, 3.63) is 88.5 Å². The molecule has 0 bridgehead atoms. The summed E-state index contributed by atoms with van der Waals surface area (Å²) in [4.78, 5) is 19.0. The number of nitrogens with zero attached hydrogens (tertiary/aromatic N) is 1. The van der Waals surface area contributed by atoms with Crippen molar-refractivity contribution >= 4 is 5.97 Å². The maximum Gasteiger partial charge on any atom is 0.313 e. The molecule has 0 saturated heterocycles. The fourth-order valence-electron chi connectivity index (χ4n) is 3.41. The summed E-state index contributed by atoms with van der Waals surface area (Å²) in [6.07, 6.45) is 4.42. The van der Waals surface area contributed by atoms with E-state index in [0.717, 1.165) is 17.7 Å². The van der Waals surface area contributed by atoms with Crippen LogP contribution < -0.4 is 0 Å². The molecule has 3 rings (SSSR count). The Morgan fingerprint density at radius 2 is 1.76 bits per heavy atom. The van der Waals surface area contributed by atoms with Gasteiger partial charge >= 0.3 is 5.97 Å². The Morgan fingerprint density at radius 1 is 1.10 bits per heavy atom. The average molecular weight is 393 g/mol. The predicted molar refractivity (Wildman–Crippen MR) is 119 cm³/mol. The van der Waals surface area contributed by atoms with E-state index < -0.39 is 11.4 Å². The monoisotopic (exact) mass is 392 g/mol. The van der Waals surface area contributed by atoms with Gasteiger partial charge in [0.25, 0.3) is 0 Å². The summed E-state index contributed by atoms with van der Waals surface area (Å²) in [6.45, 7) is 11.7. The van der Waals surface area contributed by atoms with E-state index in [1.165, 1.54) is 22.3 Å². The summed E-state index contributed by atoms with van der Waals surface area (Å²) < 4.78 is 0. The summed E-state index contributed by atoms with van der Waals surface area (Å²) in [7, 11) is 0. The topological polar surface area (TPSA) is 66.0 Å². The number of nitrogens with one attached hydrogen (secondary N) is 1. The molecule has 3 aromatic rings. The largest absolute Gasteiger partial charge is 0.481 e. The maximum atomic E-state index is 11.5. The van der Waals surface area contributed by atoms with Gasteiger partial charge in [0.15, 0.2) is 0 Å². The van der Waals surface area contributed by atoms with Crippen molar-refractivity contribution in [1.29, 1.82) is 0 Å². The van der Waals surface area contributed by atoms with E-state index in [1.54, 1.807) is 20.2 Å². The Morgan fingerprint density at radius 3 is 2.31 bits per heavy atom. The summed E-state index contributed by atoms with van der Waals surface area (Å²) in [5.74, 6) is -0.647. The summed E-state index contributed by atoms with van der Waals surface area (Å²) in [6, 6.07) is 14.3. The Balaban J connectivity index is 0.00000145. The lowest BCUT2D eigenvalue weighted by atomic mass is 9.82. The number of carboxylic acids is 1. The van der Waals surface area contributed by atoms with Gasteiger partial charge in [-0.05, 0) is 61.9 Å². The highest BCUT2D eigenvalue weighted by atomic mass is 16.4. The van der Waals surface area contributed by atoms with E-state index in [9.17, 15) is 9.90 Å². The smallest absolute Gasteiger partial charge is 0.313 e. The molecular weight excluding hydrogens is 360 g/mol. The van der Waals surface area contributed by atoms with Gasteiger partial charge in [-0.1, -0.05) is 56.3 Å². The van der Waals surface area contributed by atoms with Crippen molar-refractivity contribution in [1.82, 2.24) is 9.97 Å². The second kappa shape index (κ2) is 9.55. The highest BCUT2D eigenvalue weighted by Gasteiger charge is 2.29. The van der Waals surface area contributed by atoms with Crippen LogP contribution in [-0.4, -0.2) is 21.0 Å². The molecule has 0 aliphatic carbocycles. The Kier molecular flexibility index (Phi) is 7.38. The molecular formula is C25H32N2O2. The molecule has 2 N–H and O–H groups in total.